The van der Waals surface area contributed by atoms with Crippen molar-refractivity contribution in [3.05, 3.63) is 60.2 Å². The van der Waals surface area contributed by atoms with E-state index in [4.69, 9.17) is 9.47 Å². The molecule has 0 radical (unpaired) electrons. The number of nitrogens with zero attached hydrogens (tertiary/aromatic N) is 1. The molecule has 2 aromatic rings. The van der Waals surface area contributed by atoms with Gasteiger partial charge in [-0.25, -0.2) is 9.18 Å². The molecule has 1 aromatic heterocycles. The van der Waals surface area contributed by atoms with Gasteiger partial charge in [0.15, 0.2) is 0 Å². The smallest absolute Gasteiger partial charge is 0.407 e. The maximum absolute atomic E-state index is 13.6. The van der Waals surface area contributed by atoms with E-state index in [-0.39, 0.29) is 47.8 Å². The van der Waals surface area contributed by atoms with Gasteiger partial charge in [0.05, 0.1) is 18.2 Å². The monoisotopic (exact) mass is 492 g/mol. The quantitative estimate of drug-likeness (QED) is 0.548. The second kappa shape index (κ2) is 10.4. The minimum Gasteiger partial charge on any atom is -0.462 e. The van der Waals surface area contributed by atoms with E-state index < -0.39 is 0 Å². The van der Waals surface area contributed by atoms with E-state index in [0.29, 0.717) is 18.4 Å². The van der Waals surface area contributed by atoms with E-state index >= 15 is 0 Å². The summed E-state index contributed by atoms with van der Waals surface area (Å²) < 4.78 is 24.3. The predicted octanol–water partition coefficient (Wildman–Crippen LogP) is 5.63. The SMILES string of the molecule is CCOC(=O)N[C@@H]1CC[C@@H]2[C@@H](C1)C[C@@H]1C(=O)O[C@H](C)[C@@H]1[C@@H]2C=Cc1ccc(-c2cccc(F)c2)cn1. The third kappa shape index (κ3) is 5.01. The van der Waals surface area contributed by atoms with Crippen LogP contribution in [-0.4, -0.2) is 35.8 Å². The fourth-order valence-corrected chi connectivity index (χ4v) is 6.64. The minimum atomic E-state index is -0.368. The number of halogens is 1. The number of esters is 1. The van der Waals surface area contributed by atoms with E-state index in [0.717, 1.165) is 42.5 Å². The summed E-state index contributed by atoms with van der Waals surface area (Å²) in [5.41, 5.74) is 2.48. The molecule has 1 N–H and O–H groups in total. The number of allylic oxidation sites excluding steroid dienone is 1. The molecular formula is C29H33FN2O4. The zero-order valence-corrected chi connectivity index (χ0v) is 20.7. The Labute approximate surface area is 211 Å². The van der Waals surface area contributed by atoms with Crippen molar-refractivity contribution in [2.45, 2.75) is 51.7 Å². The number of cyclic esters (lactones) is 1. The number of pyridine rings is 1. The Morgan fingerprint density at radius 1 is 1.22 bits per heavy atom. The molecule has 0 spiro atoms. The Kier molecular flexibility index (Phi) is 7.08. The number of hydrogen-bond donors (Lipinski definition) is 1. The van der Waals surface area contributed by atoms with E-state index in [1.54, 1.807) is 19.2 Å². The number of nitrogens with one attached hydrogen (secondary N) is 1. The van der Waals surface area contributed by atoms with Crippen LogP contribution in [0.25, 0.3) is 17.2 Å². The van der Waals surface area contributed by atoms with Crippen LogP contribution in [-0.2, 0) is 14.3 Å². The van der Waals surface area contributed by atoms with Crippen LogP contribution in [0.2, 0.25) is 0 Å². The van der Waals surface area contributed by atoms with Gasteiger partial charge in [0, 0.05) is 23.7 Å². The molecular weight excluding hydrogens is 459 g/mol. The summed E-state index contributed by atoms with van der Waals surface area (Å²) in [6.07, 6.45) is 9.07. The van der Waals surface area contributed by atoms with E-state index in [1.807, 2.05) is 31.2 Å². The number of aromatic nitrogens is 1. The molecule has 7 heteroatoms. The lowest BCUT2D eigenvalue weighted by atomic mass is 9.57. The normalized spacial score (nSPS) is 31.4. The Morgan fingerprint density at radius 3 is 2.83 bits per heavy atom. The van der Waals surface area contributed by atoms with Gasteiger partial charge in [0.1, 0.15) is 11.9 Å². The van der Waals surface area contributed by atoms with E-state index in [1.165, 1.54) is 12.1 Å². The molecule has 1 aromatic carbocycles. The van der Waals surface area contributed by atoms with Gasteiger partial charge in [0.25, 0.3) is 0 Å². The first kappa shape index (κ1) is 24.5. The highest BCUT2D eigenvalue weighted by Crippen LogP contribution is 2.53. The number of carbonyl (C=O) groups is 2. The van der Waals surface area contributed by atoms with Gasteiger partial charge >= 0.3 is 12.1 Å². The molecule has 7 atom stereocenters. The number of rotatable bonds is 5. The molecule has 1 saturated heterocycles. The lowest BCUT2D eigenvalue weighted by molar-refractivity contribution is -0.144. The number of alkyl carbamates (subject to hydrolysis) is 1. The summed E-state index contributed by atoms with van der Waals surface area (Å²) in [5, 5.41) is 3.00. The zero-order valence-electron chi connectivity index (χ0n) is 20.7. The van der Waals surface area contributed by atoms with Crippen molar-refractivity contribution in [3.63, 3.8) is 0 Å². The zero-order chi connectivity index (χ0) is 25.2. The number of hydrogen-bond acceptors (Lipinski definition) is 5. The van der Waals surface area contributed by atoms with Gasteiger partial charge < -0.3 is 14.8 Å². The van der Waals surface area contributed by atoms with Crippen LogP contribution >= 0.6 is 0 Å². The average molecular weight is 493 g/mol. The highest BCUT2D eigenvalue weighted by molar-refractivity contribution is 5.75. The molecule has 2 aliphatic carbocycles. The van der Waals surface area contributed by atoms with Crippen LogP contribution in [0.1, 0.15) is 45.2 Å². The first-order valence-electron chi connectivity index (χ1n) is 13.0. The maximum Gasteiger partial charge on any atom is 0.407 e. The Hall–Kier alpha value is -3.22. The Balaban J connectivity index is 1.34. The van der Waals surface area contributed by atoms with E-state index in [9.17, 15) is 14.0 Å². The first-order chi connectivity index (χ1) is 17.4. The van der Waals surface area contributed by atoms with Crippen molar-refractivity contribution in [2.24, 2.45) is 29.6 Å². The van der Waals surface area contributed by atoms with Crippen LogP contribution < -0.4 is 5.32 Å². The second-order valence-corrected chi connectivity index (χ2v) is 10.3. The molecule has 2 saturated carbocycles. The van der Waals surface area contributed by atoms with Crippen molar-refractivity contribution < 1.29 is 23.5 Å². The van der Waals surface area contributed by atoms with Gasteiger partial charge in [-0.05, 0) is 87.1 Å². The van der Waals surface area contributed by atoms with Crippen molar-refractivity contribution in [1.29, 1.82) is 0 Å². The summed E-state index contributed by atoms with van der Waals surface area (Å²) >= 11 is 0. The van der Waals surface area contributed by atoms with Crippen molar-refractivity contribution in [1.82, 2.24) is 10.3 Å². The molecule has 3 fully saturated rings. The van der Waals surface area contributed by atoms with Crippen molar-refractivity contribution in [2.75, 3.05) is 6.61 Å². The first-order valence-corrected chi connectivity index (χ1v) is 13.0. The largest absolute Gasteiger partial charge is 0.462 e. The average Bonchev–Trinajstić information content (AvgIpc) is 3.15. The molecule has 1 aliphatic heterocycles. The summed E-state index contributed by atoms with van der Waals surface area (Å²) in [7, 11) is 0. The molecule has 3 aliphatic rings. The summed E-state index contributed by atoms with van der Waals surface area (Å²) in [5.74, 6) is 0.629. The number of carbonyl (C=O) groups excluding carboxylic acids is 2. The van der Waals surface area contributed by atoms with Crippen LogP contribution in [0, 0.1) is 35.4 Å². The number of ether oxygens (including phenoxy) is 2. The second-order valence-electron chi connectivity index (χ2n) is 10.3. The molecule has 2 heterocycles. The van der Waals surface area contributed by atoms with Gasteiger partial charge in [0.2, 0.25) is 0 Å². The number of benzene rings is 1. The molecule has 190 valence electrons. The summed E-state index contributed by atoms with van der Waals surface area (Å²) in [4.78, 5) is 29.2. The van der Waals surface area contributed by atoms with Gasteiger partial charge in [-0.3, -0.25) is 9.78 Å². The molecule has 5 rings (SSSR count). The van der Waals surface area contributed by atoms with Crippen LogP contribution in [0.5, 0.6) is 0 Å². The minimum absolute atomic E-state index is 0.0679. The van der Waals surface area contributed by atoms with Crippen LogP contribution in [0.15, 0.2) is 48.7 Å². The van der Waals surface area contributed by atoms with Crippen molar-refractivity contribution in [3.8, 4) is 11.1 Å². The fourth-order valence-electron chi connectivity index (χ4n) is 6.64. The maximum atomic E-state index is 13.6. The van der Waals surface area contributed by atoms with Gasteiger partial charge in [-0.2, -0.15) is 0 Å². The highest BCUT2D eigenvalue weighted by Gasteiger charge is 2.54. The van der Waals surface area contributed by atoms with E-state index in [2.05, 4.69) is 16.4 Å². The Bertz CT molecular complexity index is 1130. The molecule has 36 heavy (non-hydrogen) atoms. The van der Waals surface area contributed by atoms with Gasteiger partial charge in [-0.1, -0.05) is 24.3 Å². The lowest BCUT2D eigenvalue weighted by Gasteiger charge is -2.47. The highest BCUT2D eigenvalue weighted by atomic mass is 19.1. The fraction of sp³-hybridized carbons (Fsp3) is 0.483. The van der Waals surface area contributed by atoms with Crippen molar-refractivity contribution >= 4 is 18.1 Å². The number of fused-ring (bicyclic) bond motifs is 2. The Morgan fingerprint density at radius 2 is 2.08 bits per heavy atom. The molecule has 0 unspecified atom stereocenters. The topological polar surface area (TPSA) is 77.5 Å². The molecule has 0 bridgehead atoms. The standard InChI is InChI=1S/C29H33FN2O4/c1-3-35-29(34)32-23-10-11-24-20(14-23)15-26-27(17(2)36-28(26)33)25(24)12-9-22-8-7-19(16-31-22)18-5-4-6-21(30)13-18/h4-9,12-13,16-17,20,23-27H,3,10-11,14-15H2,1-2H3,(H,32,34)/t17-,20+,23-,24-,25-,26+,27-/m1/s1. The molecule has 6 nitrogen and oxygen atoms in total. The third-order valence-corrected chi connectivity index (χ3v) is 8.18. The summed E-state index contributed by atoms with van der Waals surface area (Å²) in [6, 6.07) is 10.4. The lowest BCUT2D eigenvalue weighted by Crippen LogP contribution is -2.48. The number of amides is 1. The third-order valence-electron chi connectivity index (χ3n) is 8.18. The van der Waals surface area contributed by atoms with Gasteiger partial charge in [-0.15, -0.1) is 0 Å². The summed E-state index contributed by atoms with van der Waals surface area (Å²) in [6.45, 7) is 4.15. The molecule has 1 amide bonds. The van der Waals surface area contributed by atoms with Crippen LogP contribution in [0.3, 0.4) is 0 Å². The van der Waals surface area contributed by atoms with Crippen LogP contribution in [0.4, 0.5) is 9.18 Å². The predicted molar refractivity (Wildman–Crippen MR) is 134 cm³/mol.